The molecule has 2 aromatic heterocycles. The highest BCUT2D eigenvalue weighted by molar-refractivity contribution is 5.91. The molecular formula is C20H21N5O4. The monoisotopic (exact) mass is 395 g/mol. The Labute approximate surface area is 167 Å². The Morgan fingerprint density at radius 1 is 1.03 bits per heavy atom. The molecule has 1 aromatic carbocycles. The van der Waals surface area contributed by atoms with Crippen LogP contribution >= 0.6 is 0 Å². The predicted molar refractivity (Wildman–Crippen MR) is 105 cm³/mol. The SMILES string of the molecule is O=C(CCNC(=O)c1ccco1)NCc1cccc(NC(=O)Cn2cccn2)c1. The zero-order valence-electron chi connectivity index (χ0n) is 15.6. The van der Waals surface area contributed by atoms with E-state index in [1.54, 1.807) is 48.8 Å². The number of nitrogens with zero attached hydrogens (tertiary/aromatic N) is 2. The summed E-state index contributed by atoms with van der Waals surface area (Å²) in [6.07, 6.45) is 4.88. The molecule has 0 atom stereocenters. The summed E-state index contributed by atoms with van der Waals surface area (Å²) in [5.74, 6) is -0.543. The second-order valence-electron chi connectivity index (χ2n) is 6.21. The molecule has 3 aromatic rings. The van der Waals surface area contributed by atoms with Crippen LogP contribution in [0.25, 0.3) is 0 Å². The molecule has 0 fully saturated rings. The number of hydrogen-bond acceptors (Lipinski definition) is 5. The van der Waals surface area contributed by atoms with Crippen molar-refractivity contribution in [2.45, 2.75) is 19.5 Å². The van der Waals surface area contributed by atoms with Crippen molar-refractivity contribution in [1.82, 2.24) is 20.4 Å². The van der Waals surface area contributed by atoms with E-state index in [0.717, 1.165) is 5.56 Å². The first-order valence-corrected chi connectivity index (χ1v) is 9.05. The van der Waals surface area contributed by atoms with Crippen molar-refractivity contribution in [1.29, 1.82) is 0 Å². The van der Waals surface area contributed by atoms with Crippen molar-refractivity contribution < 1.29 is 18.8 Å². The number of furan rings is 1. The first-order chi connectivity index (χ1) is 14.1. The molecule has 0 aliphatic carbocycles. The highest BCUT2D eigenvalue weighted by Gasteiger charge is 2.09. The minimum absolute atomic E-state index is 0.123. The summed E-state index contributed by atoms with van der Waals surface area (Å²) in [4.78, 5) is 35.7. The molecule has 0 aliphatic rings. The number of benzene rings is 1. The molecule has 3 amide bonds. The summed E-state index contributed by atoms with van der Waals surface area (Å²) >= 11 is 0. The van der Waals surface area contributed by atoms with Gasteiger partial charge in [-0.05, 0) is 35.9 Å². The summed E-state index contributed by atoms with van der Waals surface area (Å²) in [5, 5.41) is 12.2. The van der Waals surface area contributed by atoms with Crippen LogP contribution in [-0.2, 0) is 22.7 Å². The fourth-order valence-electron chi connectivity index (χ4n) is 2.57. The number of rotatable bonds is 9. The molecule has 0 saturated heterocycles. The van der Waals surface area contributed by atoms with Gasteiger partial charge in [0.2, 0.25) is 11.8 Å². The quantitative estimate of drug-likeness (QED) is 0.508. The van der Waals surface area contributed by atoms with Gasteiger partial charge < -0.3 is 20.4 Å². The lowest BCUT2D eigenvalue weighted by atomic mass is 10.2. The number of anilines is 1. The summed E-state index contributed by atoms with van der Waals surface area (Å²) in [6, 6.07) is 12.1. The summed E-state index contributed by atoms with van der Waals surface area (Å²) in [7, 11) is 0. The van der Waals surface area contributed by atoms with E-state index in [0.29, 0.717) is 12.2 Å². The van der Waals surface area contributed by atoms with E-state index in [9.17, 15) is 14.4 Å². The third kappa shape index (κ3) is 6.35. The van der Waals surface area contributed by atoms with E-state index in [2.05, 4.69) is 21.0 Å². The van der Waals surface area contributed by atoms with Crippen LogP contribution in [0.1, 0.15) is 22.5 Å². The molecular weight excluding hydrogens is 374 g/mol. The lowest BCUT2D eigenvalue weighted by Crippen LogP contribution is -2.30. The van der Waals surface area contributed by atoms with Gasteiger partial charge in [0.1, 0.15) is 6.54 Å². The molecule has 0 unspecified atom stereocenters. The van der Waals surface area contributed by atoms with Gasteiger partial charge in [-0.25, -0.2) is 0 Å². The van der Waals surface area contributed by atoms with Gasteiger partial charge in [-0.1, -0.05) is 12.1 Å². The van der Waals surface area contributed by atoms with Crippen LogP contribution in [-0.4, -0.2) is 34.0 Å². The van der Waals surface area contributed by atoms with Gasteiger partial charge in [0, 0.05) is 37.6 Å². The molecule has 29 heavy (non-hydrogen) atoms. The fraction of sp³-hybridized carbons (Fsp3) is 0.200. The Bertz CT molecular complexity index is 951. The smallest absolute Gasteiger partial charge is 0.286 e. The maximum Gasteiger partial charge on any atom is 0.286 e. The Hall–Kier alpha value is -3.88. The van der Waals surface area contributed by atoms with E-state index in [1.165, 1.54) is 10.9 Å². The van der Waals surface area contributed by atoms with Crippen LogP contribution < -0.4 is 16.0 Å². The number of amides is 3. The van der Waals surface area contributed by atoms with E-state index >= 15 is 0 Å². The Kier molecular flexibility index (Phi) is 6.77. The summed E-state index contributed by atoms with van der Waals surface area (Å²) in [5.41, 5.74) is 1.48. The van der Waals surface area contributed by atoms with Crippen molar-refractivity contribution >= 4 is 23.4 Å². The molecule has 0 aliphatic heterocycles. The third-order valence-electron chi connectivity index (χ3n) is 3.95. The van der Waals surface area contributed by atoms with Gasteiger partial charge in [-0.15, -0.1) is 0 Å². The highest BCUT2D eigenvalue weighted by Crippen LogP contribution is 2.11. The first-order valence-electron chi connectivity index (χ1n) is 9.05. The molecule has 150 valence electrons. The van der Waals surface area contributed by atoms with Crippen molar-refractivity contribution in [2.24, 2.45) is 0 Å². The number of carbonyl (C=O) groups is 3. The minimum atomic E-state index is -0.360. The van der Waals surface area contributed by atoms with Crippen LogP contribution in [0.4, 0.5) is 5.69 Å². The zero-order valence-corrected chi connectivity index (χ0v) is 15.6. The van der Waals surface area contributed by atoms with Gasteiger partial charge >= 0.3 is 0 Å². The normalized spacial score (nSPS) is 10.3. The first kappa shape index (κ1) is 19.9. The van der Waals surface area contributed by atoms with Crippen LogP contribution in [0, 0.1) is 0 Å². The third-order valence-corrected chi connectivity index (χ3v) is 3.95. The molecule has 0 saturated carbocycles. The molecule has 0 bridgehead atoms. The van der Waals surface area contributed by atoms with E-state index < -0.39 is 0 Å². The number of carbonyl (C=O) groups excluding carboxylic acids is 3. The van der Waals surface area contributed by atoms with Crippen LogP contribution in [0.5, 0.6) is 0 Å². The Balaban J connectivity index is 1.39. The summed E-state index contributed by atoms with van der Waals surface area (Å²) in [6.45, 7) is 0.639. The maximum atomic E-state index is 12.0. The van der Waals surface area contributed by atoms with E-state index in [1.807, 2.05) is 6.07 Å². The Morgan fingerprint density at radius 2 is 1.93 bits per heavy atom. The zero-order chi connectivity index (χ0) is 20.5. The topological polar surface area (TPSA) is 118 Å². The van der Waals surface area contributed by atoms with Gasteiger partial charge in [0.05, 0.1) is 6.26 Å². The average Bonchev–Trinajstić information content (AvgIpc) is 3.40. The Morgan fingerprint density at radius 3 is 2.69 bits per heavy atom. The predicted octanol–water partition coefficient (Wildman–Crippen LogP) is 1.55. The van der Waals surface area contributed by atoms with Crippen LogP contribution in [0.2, 0.25) is 0 Å². The number of aromatic nitrogens is 2. The second kappa shape index (κ2) is 9.88. The molecule has 9 nitrogen and oxygen atoms in total. The van der Waals surface area contributed by atoms with Gasteiger partial charge in [0.15, 0.2) is 5.76 Å². The number of nitrogens with one attached hydrogen (secondary N) is 3. The standard InChI is InChI=1S/C20H21N5O4/c26-18(7-9-21-20(28)17-6-2-11-29-17)22-13-15-4-1-5-16(12-15)24-19(27)14-25-10-3-8-23-25/h1-6,8,10-12H,7,9,13-14H2,(H,21,28)(H,22,26)(H,24,27). The highest BCUT2D eigenvalue weighted by atomic mass is 16.3. The molecule has 2 heterocycles. The van der Waals surface area contributed by atoms with E-state index in [-0.39, 0.29) is 43.0 Å². The minimum Gasteiger partial charge on any atom is -0.459 e. The van der Waals surface area contributed by atoms with Crippen molar-refractivity contribution in [2.75, 3.05) is 11.9 Å². The van der Waals surface area contributed by atoms with Crippen molar-refractivity contribution in [3.63, 3.8) is 0 Å². The average molecular weight is 395 g/mol. The molecule has 0 radical (unpaired) electrons. The van der Waals surface area contributed by atoms with Gasteiger partial charge in [0.25, 0.3) is 5.91 Å². The van der Waals surface area contributed by atoms with Gasteiger partial charge in [-0.2, -0.15) is 5.10 Å². The van der Waals surface area contributed by atoms with Crippen molar-refractivity contribution in [3.8, 4) is 0 Å². The molecule has 3 rings (SSSR count). The summed E-state index contributed by atoms with van der Waals surface area (Å²) < 4.78 is 6.51. The van der Waals surface area contributed by atoms with Crippen molar-refractivity contribution in [3.05, 3.63) is 72.4 Å². The van der Waals surface area contributed by atoms with E-state index in [4.69, 9.17) is 4.42 Å². The van der Waals surface area contributed by atoms with Crippen LogP contribution in [0.3, 0.4) is 0 Å². The number of hydrogen-bond donors (Lipinski definition) is 3. The lowest BCUT2D eigenvalue weighted by molar-refractivity contribution is -0.121. The fourth-order valence-corrected chi connectivity index (χ4v) is 2.57. The van der Waals surface area contributed by atoms with Crippen LogP contribution in [0.15, 0.2) is 65.5 Å². The second-order valence-corrected chi connectivity index (χ2v) is 6.21. The lowest BCUT2D eigenvalue weighted by Gasteiger charge is -2.09. The largest absolute Gasteiger partial charge is 0.459 e. The molecule has 0 spiro atoms. The maximum absolute atomic E-state index is 12.0. The van der Waals surface area contributed by atoms with Gasteiger partial charge in [-0.3, -0.25) is 19.1 Å². The molecule has 3 N–H and O–H groups in total. The molecule has 9 heteroatoms.